The molecule has 2 aliphatic rings. The number of nitrogens with zero attached hydrogens (tertiary/aromatic N) is 2. The number of ether oxygens (including phenoxy) is 1. The topological polar surface area (TPSA) is 79.2 Å². The lowest BCUT2D eigenvalue weighted by Crippen LogP contribution is -2.39. The Kier molecular flexibility index (Phi) is 3.48. The number of carbonyl (C=O) groups excluding carboxylic acids is 2. The lowest BCUT2D eigenvalue weighted by atomic mass is 10.0. The van der Waals surface area contributed by atoms with Gasteiger partial charge in [-0.1, -0.05) is 0 Å². The molecule has 0 saturated carbocycles. The minimum Gasteiger partial charge on any atom is -0.493 e. The van der Waals surface area contributed by atoms with Gasteiger partial charge in [0.2, 0.25) is 5.88 Å². The molecule has 2 heterocycles. The molecule has 0 unspecified atom stereocenters. The predicted molar refractivity (Wildman–Crippen MR) is 63.5 cm³/mol. The van der Waals surface area contributed by atoms with Gasteiger partial charge in [0.1, 0.15) is 11.5 Å². The standard InChI is InChI=1S/C12H14N2O4/c1-2-18-12(17)10-8(7-15)14-6-4-3-5-9(14)13-11(10)16/h16H,2-6H2,1H3. The molecule has 0 bridgehead atoms. The van der Waals surface area contributed by atoms with E-state index < -0.39 is 11.9 Å². The van der Waals surface area contributed by atoms with Crippen molar-refractivity contribution in [2.24, 2.45) is 4.99 Å². The van der Waals surface area contributed by atoms with Gasteiger partial charge in [0.25, 0.3) is 0 Å². The summed E-state index contributed by atoms with van der Waals surface area (Å²) in [7, 11) is 0. The van der Waals surface area contributed by atoms with E-state index in [1.807, 2.05) is 0 Å². The van der Waals surface area contributed by atoms with E-state index in [0.29, 0.717) is 18.8 Å². The fraction of sp³-hybridized carbons (Fsp3) is 0.500. The average molecular weight is 250 g/mol. The van der Waals surface area contributed by atoms with Crippen LogP contribution in [0.1, 0.15) is 26.2 Å². The van der Waals surface area contributed by atoms with Crippen molar-refractivity contribution in [2.45, 2.75) is 26.2 Å². The molecule has 96 valence electrons. The normalized spacial score (nSPS) is 19.1. The summed E-state index contributed by atoms with van der Waals surface area (Å²) in [4.78, 5) is 28.4. The number of hydrogen-bond acceptors (Lipinski definition) is 6. The third-order valence-electron chi connectivity index (χ3n) is 2.89. The number of aliphatic hydroxyl groups excluding tert-OH is 1. The van der Waals surface area contributed by atoms with Crippen LogP contribution in [0.3, 0.4) is 0 Å². The van der Waals surface area contributed by atoms with Crippen molar-refractivity contribution >= 4 is 17.7 Å². The molecule has 2 aliphatic heterocycles. The van der Waals surface area contributed by atoms with E-state index in [1.165, 1.54) is 0 Å². The second-order valence-electron chi connectivity index (χ2n) is 4.01. The highest BCUT2D eigenvalue weighted by molar-refractivity contribution is 6.02. The highest BCUT2D eigenvalue weighted by atomic mass is 16.5. The molecule has 1 N–H and O–H groups in total. The van der Waals surface area contributed by atoms with Crippen LogP contribution in [0.15, 0.2) is 22.1 Å². The molecule has 1 saturated heterocycles. The number of aliphatic hydroxyl groups is 1. The van der Waals surface area contributed by atoms with Crippen LogP contribution >= 0.6 is 0 Å². The first-order valence-corrected chi connectivity index (χ1v) is 5.90. The molecule has 2 rings (SSSR count). The molecular formula is C12H14N2O4. The first-order valence-electron chi connectivity index (χ1n) is 5.90. The van der Waals surface area contributed by atoms with Crippen molar-refractivity contribution in [2.75, 3.05) is 13.2 Å². The molecule has 0 amide bonds. The van der Waals surface area contributed by atoms with Gasteiger partial charge in [-0.15, -0.1) is 0 Å². The number of carbonyl (C=O) groups is 1. The minimum absolute atomic E-state index is 0.0238. The summed E-state index contributed by atoms with van der Waals surface area (Å²) in [5, 5.41) is 9.77. The molecule has 0 atom stereocenters. The van der Waals surface area contributed by atoms with Crippen LogP contribution in [0.5, 0.6) is 0 Å². The largest absolute Gasteiger partial charge is 0.493 e. The van der Waals surface area contributed by atoms with Crippen molar-refractivity contribution in [3.63, 3.8) is 0 Å². The number of aliphatic imine (C=N–C) groups is 1. The van der Waals surface area contributed by atoms with Gasteiger partial charge >= 0.3 is 5.97 Å². The second kappa shape index (κ2) is 5.06. The molecule has 0 radical (unpaired) electrons. The Bertz CT molecular complexity index is 486. The molecule has 0 spiro atoms. The first kappa shape index (κ1) is 12.4. The molecule has 6 heteroatoms. The van der Waals surface area contributed by atoms with Crippen LogP contribution in [0.4, 0.5) is 0 Å². The number of amidine groups is 1. The van der Waals surface area contributed by atoms with Crippen molar-refractivity contribution in [3.05, 3.63) is 17.2 Å². The highest BCUT2D eigenvalue weighted by Gasteiger charge is 2.34. The molecule has 0 aliphatic carbocycles. The number of hydrogen-bond donors (Lipinski definition) is 1. The Morgan fingerprint density at radius 1 is 1.56 bits per heavy atom. The summed E-state index contributed by atoms with van der Waals surface area (Å²) in [6.45, 7) is 2.41. The van der Waals surface area contributed by atoms with E-state index in [0.717, 1.165) is 12.8 Å². The quantitative estimate of drug-likeness (QED) is 0.582. The van der Waals surface area contributed by atoms with Crippen LogP contribution in [0, 0.1) is 0 Å². The number of piperidine rings is 1. The van der Waals surface area contributed by atoms with Gasteiger partial charge in [0.15, 0.2) is 11.5 Å². The maximum atomic E-state index is 11.7. The Hall–Kier alpha value is -2.07. The molecule has 6 nitrogen and oxygen atoms in total. The van der Waals surface area contributed by atoms with E-state index in [-0.39, 0.29) is 17.9 Å². The van der Waals surface area contributed by atoms with E-state index in [2.05, 4.69) is 4.99 Å². The van der Waals surface area contributed by atoms with Crippen molar-refractivity contribution in [3.8, 4) is 0 Å². The molecule has 0 aromatic rings. The maximum absolute atomic E-state index is 11.7. The zero-order chi connectivity index (χ0) is 13.1. The third kappa shape index (κ3) is 2.02. The Balaban J connectivity index is 2.44. The molecule has 1 fully saturated rings. The summed E-state index contributed by atoms with van der Waals surface area (Å²) < 4.78 is 4.81. The molecule has 0 aromatic carbocycles. The van der Waals surface area contributed by atoms with Gasteiger partial charge in [0, 0.05) is 13.0 Å². The zero-order valence-corrected chi connectivity index (χ0v) is 10.1. The number of fused-ring (bicyclic) bond motifs is 1. The van der Waals surface area contributed by atoms with Gasteiger partial charge in [0.05, 0.1) is 6.61 Å². The monoisotopic (exact) mass is 250 g/mol. The van der Waals surface area contributed by atoms with Gasteiger partial charge < -0.3 is 14.7 Å². The van der Waals surface area contributed by atoms with Crippen molar-refractivity contribution in [1.29, 1.82) is 0 Å². The van der Waals surface area contributed by atoms with Gasteiger partial charge in [-0.05, 0) is 19.8 Å². The average Bonchev–Trinajstić information content (AvgIpc) is 2.37. The van der Waals surface area contributed by atoms with Crippen LogP contribution < -0.4 is 0 Å². The molecule has 0 aromatic heterocycles. The first-order chi connectivity index (χ1) is 8.69. The van der Waals surface area contributed by atoms with Crippen LogP contribution in [-0.4, -0.2) is 40.9 Å². The minimum atomic E-state index is -0.748. The van der Waals surface area contributed by atoms with Gasteiger partial charge in [-0.2, -0.15) is 4.99 Å². The highest BCUT2D eigenvalue weighted by Crippen LogP contribution is 2.28. The lowest BCUT2D eigenvalue weighted by molar-refractivity contribution is -0.138. The lowest BCUT2D eigenvalue weighted by Gasteiger charge is -2.33. The van der Waals surface area contributed by atoms with Gasteiger partial charge in [-0.3, -0.25) is 0 Å². The van der Waals surface area contributed by atoms with Crippen LogP contribution in [0.25, 0.3) is 0 Å². The fourth-order valence-corrected chi connectivity index (χ4v) is 2.09. The summed E-state index contributed by atoms with van der Waals surface area (Å²) in [5.41, 5.74) is -0.173. The summed E-state index contributed by atoms with van der Waals surface area (Å²) in [6, 6.07) is 0. The van der Waals surface area contributed by atoms with E-state index in [1.54, 1.807) is 17.8 Å². The SMILES string of the molecule is CCOC(=O)C1=C(O)N=C2CCCCN2C1=C=O. The van der Waals surface area contributed by atoms with Gasteiger partial charge in [-0.25, -0.2) is 9.59 Å². The van der Waals surface area contributed by atoms with Crippen molar-refractivity contribution < 1.29 is 19.4 Å². The zero-order valence-electron chi connectivity index (χ0n) is 10.1. The maximum Gasteiger partial charge on any atom is 0.346 e. The second-order valence-corrected chi connectivity index (χ2v) is 4.01. The number of rotatable bonds is 2. The van der Waals surface area contributed by atoms with E-state index in [9.17, 15) is 14.7 Å². The summed E-state index contributed by atoms with van der Waals surface area (Å²) >= 11 is 0. The predicted octanol–water partition coefficient (Wildman–Crippen LogP) is 0.933. The van der Waals surface area contributed by atoms with E-state index in [4.69, 9.17) is 4.74 Å². The van der Waals surface area contributed by atoms with Crippen molar-refractivity contribution in [1.82, 2.24) is 4.90 Å². The van der Waals surface area contributed by atoms with E-state index >= 15 is 0 Å². The summed E-state index contributed by atoms with van der Waals surface area (Å²) in [5.74, 6) is 1.11. The third-order valence-corrected chi connectivity index (χ3v) is 2.89. The van der Waals surface area contributed by atoms with Crippen LogP contribution in [0.2, 0.25) is 0 Å². The molecular weight excluding hydrogens is 236 g/mol. The summed E-state index contributed by atoms with van der Waals surface area (Å²) in [6.07, 6.45) is 2.52. The van der Waals surface area contributed by atoms with Crippen LogP contribution in [-0.2, 0) is 14.3 Å². The Labute approximate surface area is 104 Å². The Morgan fingerprint density at radius 3 is 3.00 bits per heavy atom. The fourth-order valence-electron chi connectivity index (χ4n) is 2.09. The Morgan fingerprint density at radius 2 is 2.33 bits per heavy atom. The molecule has 18 heavy (non-hydrogen) atoms. The smallest absolute Gasteiger partial charge is 0.346 e. The number of esters is 1.